The third-order valence-electron chi connectivity index (χ3n) is 3.22. The van der Waals surface area contributed by atoms with Crippen molar-refractivity contribution in [1.82, 2.24) is 5.32 Å². The van der Waals surface area contributed by atoms with Gasteiger partial charge < -0.3 is 9.73 Å². The highest BCUT2D eigenvalue weighted by Crippen LogP contribution is 2.25. The van der Waals surface area contributed by atoms with E-state index in [4.69, 9.17) is 4.42 Å². The molecule has 1 aromatic heterocycles. The van der Waals surface area contributed by atoms with Gasteiger partial charge in [-0.05, 0) is 51.4 Å². The zero-order valence-electron chi connectivity index (χ0n) is 12.3. The lowest BCUT2D eigenvalue weighted by atomic mass is 9.99. The summed E-state index contributed by atoms with van der Waals surface area (Å²) in [4.78, 5) is 0. The molecule has 2 nitrogen and oxygen atoms in total. The van der Waals surface area contributed by atoms with E-state index < -0.39 is 0 Å². The molecule has 0 saturated carbocycles. The Hall–Kier alpha value is -1.54. The SMILES string of the molecule is CCCNC(c1cc(C)cc(C)c1)c1ccc(C)o1. The van der Waals surface area contributed by atoms with Crippen LogP contribution in [0.1, 0.15) is 47.6 Å². The number of nitrogens with one attached hydrogen (secondary N) is 1. The van der Waals surface area contributed by atoms with E-state index in [1.807, 2.05) is 13.0 Å². The Bertz CT molecular complexity index is 522. The van der Waals surface area contributed by atoms with Crippen LogP contribution in [0.25, 0.3) is 0 Å². The van der Waals surface area contributed by atoms with Crippen molar-refractivity contribution < 1.29 is 4.42 Å². The van der Waals surface area contributed by atoms with Gasteiger partial charge in [-0.1, -0.05) is 36.2 Å². The predicted octanol–water partition coefficient (Wildman–Crippen LogP) is 4.29. The third kappa shape index (κ3) is 3.48. The zero-order valence-corrected chi connectivity index (χ0v) is 12.3. The molecule has 19 heavy (non-hydrogen) atoms. The summed E-state index contributed by atoms with van der Waals surface area (Å²) in [5.74, 6) is 1.96. The Morgan fingerprint density at radius 3 is 2.26 bits per heavy atom. The summed E-state index contributed by atoms with van der Waals surface area (Å²) in [5, 5.41) is 3.58. The van der Waals surface area contributed by atoms with Gasteiger partial charge in [0.2, 0.25) is 0 Å². The fourth-order valence-corrected chi connectivity index (χ4v) is 2.46. The summed E-state index contributed by atoms with van der Waals surface area (Å²) >= 11 is 0. The van der Waals surface area contributed by atoms with E-state index in [0.717, 1.165) is 24.5 Å². The molecule has 0 aliphatic carbocycles. The highest BCUT2D eigenvalue weighted by Gasteiger charge is 2.17. The molecule has 0 aliphatic rings. The molecule has 102 valence electrons. The largest absolute Gasteiger partial charge is 0.464 e. The molecule has 2 rings (SSSR count). The second kappa shape index (κ2) is 6.07. The van der Waals surface area contributed by atoms with Crippen LogP contribution >= 0.6 is 0 Å². The van der Waals surface area contributed by atoms with Gasteiger partial charge in [0.25, 0.3) is 0 Å². The van der Waals surface area contributed by atoms with Gasteiger partial charge >= 0.3 is 0 Å². The Kier molecular flexibility index (Phi) is 4.43. The average Bonchev–Trinajstić information content (AvgIpc) is 2.75. The van der Waals surface area contributed by atoms with Gasteiger partial charge in [-0.3, -0.25) is 0 Å². The maximum atomic E-state index is 5.81. The molecule has 0 amide bonds. The van der Waals surface area contributed by atoms with Crippen LogP contribution in [0.5, 0.6) is 0 Å². The van der Waals surface area contributed by atoms with Gasteiger partial charge in [-0.2, -0.15) is 0 Å². The van der Waals surface area contributed by atoms with Crippen LogP contribution in [0, 0.1) is 20.8 Å². The van der Waals surface area contributed by atoms with Gasteiger partial charge in [0, 0.05) is 0 Å². The van der Waals surface area contributed by atoms with Crippen molar-refractivity contribution in [2.24, 2.45) is 0 Å². The van der Waals surface area contributed by atoms with Crippen molar-refractivity contribution in [1.29, 1.82) is 0 Å². The minimum Gasteiger partial charge on any atom is -0.464 e. The van der Waals surface area contributed by atoms with Crippen molar-refractivity contribution in [2.75, 3.05) is 6.54 Å². The first-order valence-electron chi connectivity index (χ1n) is 6.98. The highest BCUT2D eigenvalue weighted by molar-refractivity contribution is 5.34. The molecule has 0 bridgehead atoms. The Labute approximate surface area is 115 Å². The number of aryl methyl sites for hydroxylation is 3. The fourth-order valence-electron chi connectivity index (χ4n) is 2.46. The van der Waals surface area contributed by atoms with Crippen LogP contribution in [0.2, 0.25) is 0 Å². The lowest BCUT2D eigenvalue weighted by Gasteiger charge is -2.18. The molecule has 2 aromatic rings. The van der Waals surface area contributed by atoms with Crippen molar-refractivity contribution in [2.45, 2.75) is 40.2 Å². The Balaban J connectivity index is 2.36. The smallest absolute Gasteiger partial charge is 0.125 e. The monoisotopic (exact) mass is 257 g/mol. The molecular formula is C17H23NO. The first-order valence-corrected chi connectivity index (χ1v) is 6.98. The van der Waals surface area contributed by atoms with Crippen LogP contribution < -0.4 is 5.32 Å². The summed E-state index contributed by atoms with van der Waals surface area (Å²) in [7, 11) is 0. The molecule has 0 radical (unpaired) electrons. The number of hydrogen-bond donors (Lipinski definition) is 1. The topological polar surface area (TPSA) is 25.2 Å². The van der Waals surface area contributed by atoms with Crippen LogP contribution in [0.3, 0.4) is 0 Å². The molecule has 2 heteroatoms. The maximum absolute atomic E-state index is 5.81. The van der Waals surface area contributed by atoms with E-state index in [1.54, 1.807) is 0 Å². The van der Waals surface area contributed by atoms with Crippen LogP contribution in [0.4, 0.5) is 0 Å². The summed E-state index contributed by atoms with van der Waals surface area (Å²) in [6.45, 7) is 9.43. The first kappa shape index (κ1) is 13.9. The Morgan fingerprint density at radius 1 is 1.05 bits per heavy atom. The first-order chi connectivity index (χ1) is 9.10. The van der Waals surface area contributed by atoms with Crippen LogP contribution in [-0.4, -0.2) is 6.54 Å². The molecule has 1 unspecified atom stereocenters. The lowest BCUT2D eigenvalue weighted by molar-refractivity contribution is 0.430. The molecule has 0 fully saturated rings. The molecule has 1 atom stereocenters. The second-order valence-electron chi connectivity index (χ2n) is 5.26. The zero-order chi connectivity index (χ0) is 13.8. The molecule has 0 aliphatic heterocycles. The van der Waals surface area contributed by atoms with E-state index in [1.165, 1.54) is 16.7 Å². The Morgan fingerprint density at radius 2 is 1.74 bits per heavy atom. The second-order valence-corrected chi connectivity index (χ2v) is 5.26. The van der Waals surface area contributed by atoms with Gasteiger partial charge in [-0.15, -0.1) is 0 Å². The van der Waals surface area contributed by atoms with Crippen molar-refractivity contribution in [3.05, 3.63) is 58.5 Å². The summed E-state index contributed by atoms with van der Waals surface area (Å²) in [5.41, 5.74) is 3.86. The predicted molar refractivity (Wildman–Crippen MR) is 79.5 cm³/mol. The number of rotatable bonds is 5. The molecule has 1 N–H and O–H groups in total. The van der Waals surface area contributed by atoms with Gasteiger partial charge in [0.15, 0.2) is 0 Å². The minimum absolute atomic E-state index is 0.146. The van der Waals surface area contributed by atoms with Gasteiger partial charge in [0.05, 0.1) is 6.04 Å². The van der Waals surface area contributed by atoms with E-state index >= 15 is 0 Å². The van der Waals surface area contributed by atoms with Crippen molar-refractivity contribution in [3.8, 4) is 0 Å². The summed E-state index contributed by atoms with van der Waals surface area (Å²) in [6.07, 6.45) is 1.11. The van der Waals surface area contributed by atoms with E-state index in [-0.39, 0.29) is 6.04 Å². The normalized spacial score (nSPS) is 12.6. The summed E-state index contributed by atoms with van der Waals surface area (Å²) in [6, 6.07) is 10.9. The van der Waals surface area contributed by atoms with Crippen LogP contribution in [0.15, 0.2) is 34.7 Å². The number of benzene rings is 1. The maximum Gasteiger partial charge on any atom is 0.125 e. The lowest BCUT2D eigenvalue weighted by Crippen LogP contribution is -2.23. The molecule has 0 saturated heterocycles. The van der Waals surface area contributed by atoms with Crippen molar-refractivity contribution >= 4 is 0 Å². The quantitative estimate of drug-likeness (QED) is 0.864. The summed E-state index contributed by atoms with van der Waals surface area (Å²) < 4.78 is 5.81. The average molecular weight is 257 g/mol. The van der Waals surface area contributed by atoms with Gasteiger partial charge in [0.1, 0.15) is 11.5 Å². The van der Waals surface area contributed by atoms with Crippen LogP contribution in [-0.2, 0) is 0 Å². The third-order valence-corrected chi connectivity index (χ3v) is 3.22. The standard InChI is InChI=1S/C17H23NO/c1-5-8-18-17(16-7-6-14(4)19-16)15-10-12(2)9-13(3)11-15/h6-7,9-11,17-18H,5,8H2,1-4H3. The van der Waals surface area contributed by atoms with Gasteiger partial charge in [-0.25, -0.2) is 0 Å². The molecule has 1 heterocycles. The molecule has 1 aromatic carbocycles. The minimum atomic E-state index is 0.146. The van der Waals surface area contributed by atoms with E-state index in [2.05, 4.69) is 50.4 Å². The molecular weight excluding hydrogens is 234 g/mol. The number of hydrogen-bond acceptors (Lipinski definition) is 2. The van der Waals surface area contributed by atoms with E-state index in [9.17, 15) is 0 Å². The fraction of sp³-hybridized carbons (Fsp3) is 0.412. The molecule has 0 spiro atoms. The van der Waals surface area contributed by atoms with Crippen molar-refractivity contribution in [3.63, 3.8) is 0 Å². The van der Waals surface area contributed by atoms with E-state index in [0.29, 0.717) is 0 Å². The highest BCUT2D eigenvalue weighted by atomic mass is 16.3. The number of furan rings is 1.